The molecule has 0 saturated carbocycles. The summed E-state index contributed by atoms with van der Waals surface area (Å²) >= 11 is 7.35. The lowest BCUT2D eigenvalue weighted by molar-refractivity contribution is -0.384. The molecule has 2 N–H and O–H groups in total. The first kappa shape index (κ1) is 20.3. The van der Waals surface area contributed by atoms with Crippen LogP contribution in [0, 0.1) is 10.1 Å². The molecule has 3 aromatic rings. The van der Waals surface area contributed by atoms with E-state index in [9.17, 15) is 14.9 Å². The van der Waals surface area contributed by atoms with Gasteiger partial charge in [0.1, 0.15) is 0 Å². The molecule has 154 valence electrons. The number of carbonyl (C=O) groups is 1. The number of non-ortho nitro benzene ring substituents is 1. The van der Waals surface area contributed by atoms with Crippen molar-refractivity contribution < 1.29 is 14.5 Å². The summed E-state index contributed by atoms with van der Waals surface area (Å²) in [6.07, 6.45) is 0. The normalized spacial score (nSPS) is 14.0. The van der Waals surface area contributed by atoms with E-state index >= 15 is 0 Å². The molecule has 0 atom stereocenters. The number of benzene rings is 2. The van der Waals surface area contributed by atoms with Gasteiger partial charge in [-0.25, -0.2) is 0 Å². The minimum Gasteiger partial charge on any atom is -0.390 e. The van der Waals surface area contributed by atoms with Crippen LogP contribution in [0.25, 0.3) is 21.6 Å². The van der Waals surface area contributed by atoms with E-state index in [1.54, 1.807) is 29.2 Å². The summed E-state index contributed by atoms with van der Waals surface area (Å²) in [5, 5.41) is 12.0. The molecular formula is C21H18ClN3O4S. The maximum absolute atomic E-state index is 13.4. The van der Waals surface area contributed by atoms with Crippen LogP contribution >= 0.6 is 22.9 Å². The van der Waals surface area contributed by atoms with Crippen molar-refractivity contribution in [2.45, 2.75) is 0 Å². The molecule has 1 amide bonds. The van der Waals surface area contributed by atoms with Gasteiger partial charge in [-0.15, -0.1) is 11.3 Å². The Hall–Kier alpha value is -2.94. The van der Waals surface area contributed by atoms with Gasteiger partial charge in [-0.2, -0.15) is 0 Å². The molecule has 1 aliphatic rings. The Bertz CT molecular complexity index is 1090. The molecule has 1 aromatic heterocycles. The third-order valence-electron chi connectivity index (χ3n) is 4.92. The Kier molecular flexibility index (Phi) is 5.72. The molecule has 2 heterocycles. The van der Waals surface area contributed by atoms with Crippen molar-refractivity contribution in [3.8, 4) is 21.6 Å². The molecule has 30 heavy (non-hydrogen) atoms. The summed E-state index contributed by atoms with van der Waals surface area (Å²) in [5.74, 6) is -0.148. The van der Waals surface area contributed by atoms with Gasteiger partial charge < -0.3 is 15.4 Å². The summed E-state index contributed by atoms with van der Waals surface area (Å²) < 4.78 is 5.36. The third kappa shape index (κ3) is 3.89. The number of nitro groups is 1. The van der Waals surface area contributed by atoms with Crippen molar-refractivity contribution in [1.29, 1.82) is 0 Å². The fraction of sp³-hybridized carbons (Fsp3) is 0.190. The van der Waals surface area contributed by atoms with E-state index in [0.717, 1.165) is 16.0 Å². The number of amides is 1. The quantitative estimate of drug-likeness (QED) is 0.465. The predicted octanol–water partition coefficient (Wildman–Crippen LogP) is 4.70. The minimum absolute atomic E-state index is 0.000868. The zero-order valence-corrected chi connectivity index (χ0v) is 17.4. The van der Waals surface area contributed by atoms with Crippen LogP contribution in [0.2, 0.25) is 5.02 Å². The zero-order valence-electron chi connectivity index (χ0n) is 15.8. The van der Waals surface area contributed by atoms with Gasteiger partial charge in [0.15, 0.2) is 0 Å². The second-order valence-electron chi connectivity index (χ2n) is 6.76. The molecule has 0 radical (unpaired) electrons. The third-order valence-corrected chi connectivity index (χ3v) is 6.24. The molecule has 1 fully saturated rings. The van der Waals surface area contributed by atoms with Crippen molar-refractivity contribution in [2.75, 3.05) is 32.0 Å². The number of hydrogen-bond donors (Lipinski definition) is 1. The van der Waals surface area contributed by atoms with Crippen molar-refractivity contribution in [2.24, 2.45) is 0 Å². The lowest BCUT2D eigenvalue weighted by atomic mass is 9.97. The lowest BCUT2D eigenvalue weighted by Gasteiger charge is -2.27. The van der Waals surface area contributed by atoms with Crippen LogP contribution in [0.5, 0.6) is 0 Å². The number of nitrogens with zero attached hydrogens (tertiary/aromatic N) is 2. The summed E-state index contributed by atoms with van der Waals surface area (Å²) in [7, 11) is 0. The SMILES string of the molecule is Nc1sc(-c2ccc([N+](=O)[O-])cc2)c(-c2ccc(Cl)cc2)c1C(=O)N1CCOCC1. The zero-order chi connectivity index (χ0) is 21.3. The number of ether oxygens (including phenoxy) is 1. The smallest absolute Gasteiger partial charge is 0.269 e. The minimum atomic E-state index is -0.444. The number of carbonyl (C=O) groups excluding carboxylic acids is 1. The van der Waals surface area contributed by atoms with Gasteiger partial charge in [0, 0.05) is 40.7 Å². The van der Waals surface area contributed by atoms with Crippen molar-refractivity contribution >= 4 is 39.5 Å². The molecule has 0 aliphatic carbocycles. The van der Waals surface area contributed by atoms with Gasteiger partial charge in [-0.3, -0.25) is 14.9 Å². The number of hydrogen-bond acceptors (Lipinski definition) is 6. The number of nitrogen functional groups attached to an aromatic ring is 1. The van der Waals surface area contributed by atoms with E-state index in [1.165, 1.54) is 23.5 Å². The number of nitro benzene ring substituents is 1. The summed E-state index contributed by atoms with van der Waals surface area (Å²) in [6, 6.07) is 13.4. The Morgan fingerprint density at radius 3 is 2.27 bits per heavy atom. The van der Waals surface area contributed by atoms with Crippen LogP contribution in [0.1, 0.15) is 10.4 Å². The molecule has 7 nitrogen and oxygen atoms in total. The lowest BCUT2D eigenvalue weighted by Crippen LogP contribution is -2.40. The number of morpholine rings is 1. The molecule has 1 saturated heterocycles. The van der Waals surface area contributed by atoms with Crippen molar-refractivity contribution in [3.63, 3.8) is 0 Å². The average molecular weight is 444 g/mol. The molecule has 0 unspecified atom stereocenters. The molecule has 1 aliphatic heterocycles. The molecule has 0 spiro atoms. The molecule has 0 bridgehead atoms. The van der Waals surface area contributed by atoms with Crippen molar-refractivity contribution in [1.82, 2.24) is 4.90 Å². The van der Waals surface area contributed by atoms with Crippen LogP contribution in [-0.4, -0.2) is 42.0 Å². The first-order valence-electron chi connectivity index (χ1n) is 9.25. The number of nitrogens with two attached hydrogens (primary N) is 1. The van der Waals surface area contributed by atoms with E-state index in [2.05, 4.69) is 0 Å². The first-order chi connectivity index (χ1) is 14.5. The highest BCUT2D eigenvalue weighted by Gasteiger charge is 2.28. The van der Waals surface area contributed by atoms with E-state index in [0.29, 0.717) is 47.5 Å². The second-order valence-corrected chi connectivity index (χ2v) is 8.25. The Morgan fingerprint density at radius 1 is 1.07 bits per heavy atom. The molecule has 2 aromatic carbocycles. The number of anilines is 1. The van der Waals surface area contributed by atoms with Crippen LogP contribution in [0.15, 0.2) is 48.5 Å². The molecule has 4 rings (SSSR count). The highest BCUT2D eigenvalue weighted by atomic mass is 35.5. The van der Waals surface area contributed by atoms with Crippen LogP contribution in [0.3, 0.4) is 0 Å². The van der Waals surface area contributed by atoms with E-state index in [4.69, 9.17) is 22.1 Å². The summed E-state index contributed by atoms with van der Waals surface area (Å²) in [6.45, 7) is 1.98. The van der Waals surface area contributed by atoms with Gasteiger partial charge in [0.2, 0.25) is 0 Å². The van der Waals surface area contributed by atoms with Crippen LogP contribution < -0.4 is 5.73 Å². The highest BCUT2D eigenvalue weighted by molar-refractivity contribution is 7.20. The summed E-state index contributed by atoms with van der Waals surface area (Å²) in [5.41, 5.74) is 9.05. The second kappa shape index (κ2) is 8.43. The maximum Gasteiger partial charge on any atom is 0.269 e. The predicted molar refractivity (Wildman–Crippen MR) is 118 cm³/mol. The van der Waals surface area contributed by atoms with E-state index in [-0.39, 0.29) is 11.6 Å². The maximum atomic E-state index is 13.4. The van der Waals surface area contributed by atoms with E-state index < -0.39 is 4.92 Å². The Morgan fingerprint density at radius 2 is 1.67 bits per heavy atom. The number of thiophene rings is 1. The van der Waals surface area contributed by atoms with Crippen LogP contribution in [0.4, 0.5) is 10.7 Å². The molecule has 9 heteroatoms. The largest absolute Gasteiger partial charge is 0.390 e. The Labute approximate surface area is 181 Å². The number of rotatable bonds is 4. The first-order valence-corrected chi connectivity index (χ1v) is 10.4. The average Bonchev–Trinajstić information content (AvgIpc) is 3.11. The molecular weight excluding hydrogens is 426 g/mol. The van der Waals surface area contributed by atoms with Crippen molar-refractivity contribution in [3.05, 3.63) is 69.2 Å². The van der Waals surface area contributed by atoms with Gasteiger partial charge in [0.05, 0.1) is 28.7 Å². The van der Waals surface area contributed by atoms with Crippen LogP contribution in [-0.2, 0) is 4.74 Å². The monoisotopic (exact) mass is 443 g/mol. The van der Waals surface area contributed by atoms with Gasteiger partial charge in [-0.1, -0.05) is 23.7 Å². The fourth-order valence-electron chi connectivity index (χ4n) is 3.42. The summed E-state index contributed by atoms with van der Waals surface area (Å²) in [4.78, 5) is 26.4. The number of halogens is 1. The van der Waals surface area contributed by atoms with Gasteiger partial charge in [-0.05, 0) is 35.4 Å². The topological polar surface area (TPSA) is 98.7 Å². The van der Waals surface area contributed by atoms with Gasteiger partial charge in [0.25, 0.3) is 11.6 Å². The fourth-order valence-corrected chi connectivity index (χ4v) is 4.63. The van der Waals surface area contributed by atoms with E-state index in [1.807, 2.05) is 12.1 Å². The van der Waals surface area contributed by atoms with Gasteiger partial charge >= 0.3 is 0 Å². The standard InChI is InChI=1S/C21H18ClN3O4S/c22-15-5-1-13(2-6-15)17-18(21(26)24-9-11-29-12-10-24)20(23)30-19(17)14-3-7-16(8-4-14)25(27)28/h1-8H,9-12,23H2. The highest BCUT2D eigenvalue weighted by Crippen LogP contribution is 2.45. The Balaban J connectivity index is 1.86.